The van der Waals surface area contributed by atoms with Gasteiger partial charge in [-0.2, -0.15) is 0 Å². The number of carbonyl (C=O) groups excluding carboxylic acids is 2. The van der Waals surface area contributed by atoms with Gasteiger partial charge >= 0.3 is 5.97 Å². The molecule has 0 bridgehead atoms. The summed E-state index contributed by atoms with van der Waals surface area (Å²) in [5, 5.41) is 2.61. The van der Waals surface area contributed by atoms with Crippen molar-refractivity contribution < 1.29 is 19.1 Å². The maximum Gasteiger partial charge on any atom is 0.333 e. The molecule has 0 aliphatic heterocycles. The van der Waals surface area contributed by atoms with Gasteiger partial charge in [0.2, 0.25) is 5.91 Å². The fraction of sp³-hybridized carbons (Fsp3) is 0.636. The Morgan fingerprint density at radius 1 is 1.44 bits per heavy atom. The molecule has 92 valence electrons. The third kappa shape index (κ3) is 5.50. The van der Waals surface area contributed by atoms with Crippen molar-refractivity contribution >= 4 is 11.9 Å². The van der Waals surface area contributed by atoms with Gasteiger partial charge in [-0.25, -0.2) is 4.79 Å². The fourth-order valence-electron chi connectivity index (χ4n) is 1.01. The van der Waals surface area contributed by atoms with E-state index in [4.69, 9.17) is 9.47 Å². The van der Waals surface area contributed by atoms with Crippen LogP contribution in [0.1, 0.15) is 20.3 Å². The zero-order valence-electron chi connectivity index (χ0n) is 10.0. The number of esters is 1. The van der Waals surface area contributed by atoms with E-state index >= 15 is 0 Å². The van der Waals surface area contributed by atoms with Gasteiger partial charge in [0.1, 0.15) is 12.7 Å². The van der Waals surface area contributed by atoms with Crippen molar-refractivity contribution in [1.82, 2.24) is 5.32 Å². The van der Waals surface area contributed by atoms with Gasteiger partial charge in [0.15, 0.2) is 0 Å². The lowest BCUT2D eigenvalue weighted by molar-refractivity contribution is -0.140. The van der Waals surface area contributed by atoms with E-state index in [1.807, 2.05) is 6.92 Å². The van der Waals surface area contributed by atoms with E-state index < -0.39 is 12.1 Å². The Hall–Kier alpha value is -1.36. The minimum atomic E-state index is -0.451. The summed E-state index contributed by atoms with van der Waals surface area (Å²) in [6.07, 6.45) is 0.158. The van der Waals surface area contributed by atoms with Crippen LogP contribution in [0.15, 0.2) is 12.2 Å². The van der Waals surface area contributed by atoms with Crippen molar-refractivity contribution in [2.75, 3.05) is 20.3 Å². The van der Waals surface area contributed by atoms with E-state index in [0.717, 1.165) is 0 Å². The van der Waals surface area contributed by atoms with E-state index in [2.05, 4.69) is 11.9 Å². The summed E-state index contributed by atoms with van der Waals surface area (Å²) in [6, 6.07) is 0. The van der Waals surface area contributed by atoms with Crippen LogP contribution in [0.4, 0.5) is 0 Å². The summed E-state index contributed by atoms with van der Waals surface area (Å²) in [5.74, 6) is -0.649. The highest BCUT2D eigenvalue weighted by Crippen LogP contribution is 1.95. The zero-order chi connectivity index (χ0) is 12.6. The number of hydrogen-bond donors (Lipinski definition) is 1. The molecule has 1 unspecified atom stereocenters. The number of rotatable bonds is 7. The Morgan fingerprint density at radius 2 is 2.06 bits per heavy atom. The van der Waals surface area contributed by atoms with Crippen molar-refractivity contribution in [3.8, 4) is 0 Å². The van der Waals surface area contributed by atoms with Gasteiger partial charge in [0, 0.05) is 12.7 Å². The van der Waals surface area contributed by atoms with Gasteiger partial charge < -0.3 is 14.8 Å². The second-order valence-electron chi connectivity index (χ2n) is 3.34. The molecular weight excluding hydrogens is 210 g/mol. The van der Waals surface area contributed by atoms with Crippen LogP contribution < -0.4 is 5.32 Å². The molecule has 0 fully saturated rings. The van der Waals surface area contributed by atoms with Gasteiger partial charge in [0.05, 0.1) is 6.54 Å². The zero-order valence-corrected chi connectivity index (χ0v) is 10.0. The van der Waals surface area contributed by atoms with Crippen LogP contribution in [0.2, 0.25) is 0 Å². The van der Waals surface area contributed by atoms with Gasteiger partial charge in [-0.15, -0.1) is 0 Å². The highest BCUT2D eigenvalue weighted by Gasteiger charge is 2.14. The predicted octanol–water partition coefficient (Wildman–Crippen LogP) is 0.647. The second kappa shape index (κ2) is 7.87. The average molecular weight is 229 g/mol. The first-order valence-corrected chi connectivity index (χ1v) is 5.16. The SMILES string of the molecule is C=C(C)C(=O)OCCNC(=O)C(CC)OC. The Morgan fingerprint density at radius 3 is 2.50 bits per heavy atom. The molecule has 1 amide bonds. The highest BCUT2D eigenvalue weighted by molar-refractivity contribution is 5.87. The molecular formula is C11H19NO4. The van der Waals surface area contributed by atoms with Crippen LogP contribution >= 0.6 is 0 Å². The first-order valence-electron chi connectivity index (χ1n) is 5.16. The molecule has 1 N–H and O–H groups in total. The summed E-state index contributed by atoms with van der Waals surface area (Å²) < 4.78 is 9.75. The van der Waals surface area contributed by atoms with Crippen molar-refractivity contribution in [1.29, 1.82) is 0 Å². The molecule has 0 saturated heterocycles. The molecule has 0 aromatic carbocycles. The monoisotopic (exact) mass is 229 g/mol. The van der Waals surface area contributed by atoms with Crippen LogP contribution in [0, 0.1) is 0 Å². The third-order valence-electron chi connectivity index (χ3n) is 1.93. The molecule has 0 aromatic heterocycles. The molecule has 1 atom stereocenters. The van der Waals surface area contributed by atoms with E-state index in [9.17, 15) is 9.59 Å². The van der Waals surface area contributed by atoms with E-state index in [0.29, 0.717) is 12.0 Å². The molecule has 0 rings (SSSR count). The Bertz CT molecular complexity index is 259. The summed E-state index contributed by atoms with van der Waals surface area (Å²) in [6.45, 7) is 7.28. The minimum absolute atomic E-state index is 0.136. The van der Waals surface area contributed by atoms with Crippen LogP contribution in [-0.2, 0) is 19.1 Å². The van der Waals surface area contributed by atoms with Crippen molar-refractivity contribution in [2.24, 2.45) is 0 Å². The highest BCUT2D eigenvalue weighted by atomic mass is 16.5. The van der Waals surface area contributed by atoms with Crippen molar-refractivity contribution in [3.05, 3.63) is 12.2 Å². The van der Waals surface area contributed by atoms with Crippen LogP contribution in [0.5, 0.6) is 0 Å². The lowest BCUT2D eigenvalue weighted by Gasteiger charge is -2.13. The minimum Gasteiger partial charge on any atom is -0.460 e. The lowest BCUT2D eigenvalue weighted by atomic mass is 10.2. The van der Waals surface area contributed by atoms with Gasteiger partial charge in [0.25, 0.3) is 0 Å². The molecule has 5 heteroatoms. The Balaban J connectivity index is 3.70. The quantitative estimate of drug-likeness (QED) is 0.395. The molecule has 16 heavy (non-hydrogen) atoms. The van der Waals surface area contributed by atoms with Crippen LogP contribution in [0.3, 0.4) is 0 Å². The molecule has 0 radical (unpaired) electrons. The second-order valence-corrected chi connectivity index (χ2v) is 3.34. The fourth-order valence-corrected chi connectivity index (χ4v) is 1.01. The van der Waals surface area contributed by atoms with Crippen molar-refractivity contribution in [2.45, 2.75) is 26.4 Å². The Labute approximate surface area is 95.8 Å². The third-order valence-corrected chi connectivity index (χ3v) is 1.93. The number of hydrogen-bond acceptors (Lipinski definition) is 4. The molecule has 0 heterocycles. The number of ether oxygens (including phenoxy) is 2. The first-order chi connectivity index (χ1) is 7.52. The number of carbonyl (C=O) groups is 2. The Kier molecular flexibility index (Phi) is 7.20. The van der Waals surface area contributed by atoms with Gasteiger partial charge in [-0.3, -0.25) is 4.79 Å². The smallest absolute Gasteiger partial charge is 0.333 e. The normalized spacial score (nSPS) is 11.7. The summed E-state index contributed by atoms with van der Waals surface area (Å²) >= 11 is 0. The topological polar surface area (TPSA) is 64.6 Å². The molecule has 0 spiro atoms. The summed E-state index contributed by atoms with van der Waals surface area (Å²) in [4.78, 5) is 22.4. The number of amides is 1. The molecule has 0 saturated carbocycles. The van der Waals surface area contributed by atoms with Gasteiger partial charge in [-0.1, -0.05) is 13.5 Å². The van der Waals surface area contributed by atoms with Crippen LogP contribution in [-0.4, -0.2) is 38.2 Å². The summed E-state index contributed by atoms with van der Waals surface area (Å²) in [5.41, 5.74) is 0.342. The van der Waals surface area contributed by atoms with E-state index in [-0.39, 0.29) is 19.1 Å². The predicted molar refractivity (Wildman–Crippen MR) is 59.9 cm³/mol. The van der Waals surface area contributed by atoms with E-state index in [1.54, 1.807) is 6.92 Å². The van der Waals surface area contributed by atoms with Gasteiger partial charge in [-0.05, 0) is 13.3 Å². The molecule has 0 aliphatic carbocycles. The molecule has 0 aromatic rings. The molecule has 5 nitrogen and oxygen atoms in total. The van der Waals surface area contributed by atoms with E-state index in [1.165, 1.54) is 7.11 Å². The maximum atomic E-state index is 11.4. The van der Waals surface area contributed by atoms with Crippen LogP contribution in [0.25, 0.3) is 0 Å². The first kappa shape index (κ1) is 14.6. The lowest BCUT2D eigenvalue weighted by Crippen LogP contribution is -2.37. The average Bonchev–Trinajstić information content (AvgIpc) is 2.25. The number of nitrogens with one attached hydrogen (secondary N) is 1. The van der Waals surface area contributed by atoms with Crippen molar-refractivity contribution in [3.63, 3.8) is 0 Å². The largest absolute Gasteiger partial charge is 0.460 e. The summed E-state index contributed by atoms with van der Waals surface area (Å²) in [7, 11) is 1.48. The maximum absolute atomic E-state index is 11.4. The number of methoxy groups -OCH3 is 1. The standard InChI is InChI=1S/C11H19NO4/c1-5-9(15-4)10(13)12-6-7-16-11(14)8(2)3/h9H,2,5-7H2,1,3-4H3,(H,12,13). The molecule has 0 aliphatic rings.